The van der Waals surface area contributed by atoms with Gasteiger partial charge in [0.25, 0.3) is 0 Å². The van der Waals surface area contributed by atoms with E-state index in [2.05, 4.69) is 17.2 Å². The smallest absolute Gasteiger partial charge is 0.243 e. The molecule has 7 heteroatoms. The van der Waals surface area contributed by atoms with Gasteiger partial charge in [0.2, 0.25) is 10.0 Å². The lowest BCUT2D eigenvalue weighted by molar-refractivity contribution is 0.0990. The van der Waals surface area contributed by atoms with Crippen molar-refractivity contribution in [2.75, 3.05) is 19.6 Å². The monoisotopic (exact) mass is 387 g/mol. The molecule has 144 valence electrons. The lowest BCUT2D eigenvalue weighted by Crippen LogP contribution is -2.39. The maximum atomic E-state index is 12.9. The third kappa shape index (κ3) is 5.00. The number of ketones is 1. The number of rotatable bonds is 7. The van der Waals surface area contributed by atoms with Crippen molar-refractivity contribution in [2.45, 2.75) is 31.2 Å². The molecule has 1 aliphatic heterocycles. The highest BCUT2D eigenvalue weighted by Gasteiger charge is 2.29. The molecule has 0 amide bonds. The summed E-state index contributed by atoms with van der Waals surface area (Å²) in [7, 11) is -3.56. The first kappa shape index (κ1) is 19.7. The van der Waals surface area contributed by atoms with E-state index in [9.17, 15) is 13.2 Å². The molecule has 1 aliphatic rings. The third-order valence-electron chi connectivity index (χ3n) is 4.78. The Morgan fingerprint density at radius 3 is 2.78 bits per heavy atom. The van der Waals surface area contributed by atoms with Gasteiger partial charge in [0.15, 0.2) is 5.78 Å². The summed E-state index contributed by atoms with van der Waals surface area (Å²) in [4.78, 5) is 16.6. The molecule has 27 heavy (non-hydrogen) atoms. The molecule has 0 bridgehead atoms. The maximum absolute atomic E-state index is 12.9. The SMILES string of the molecule is CC1CCCN(S(=O)(=O)c2cccc(C(=O)CNCc3ccncc3)c2)C1. The molecule has 2 aromatic rings. The molecule has 2 heterocycles. The van der Waals surface area contributed by atoms with E-state index in [4.69, 9.17) is 0 Å². The number of benzene rings is 1. The normalized spacial score (nSPS) is 18.3. The highest BCUT2D eigenvalue weighted by Crippen LogP contribution is 2.24. The van der Waals surface area contributed by atoms with Crippen molar-refractivity contribution in [1.29, 1.82) is 0 Å². The van der Waals surface area contributed by atoms with Crippen LogP contribution in [-0.2, 0) is 16.6 Å². The molecule has 6 nitrogen and oxygen atoms in total. The molecule has 0 aliphatic carbocycles. The molecular weight excluding hydrogens is 362 g/mol. The van der Waals surface area contributed by atoms with Gasteiger partial charge in [-0.1, -0.05) is 19.1 Å². The zero-order chi connectivity index (χ0) is 19.3. The van der Waals surface area contributed by atoms with Gasteiger partial charge in [-0.15, -0.1) is 0 Å². The third-order valence-corrected chi connectivity index (χ3v) is 6.64. The Balaban J connectivity index is 1.66. The zero-order valence-corrected chi connectivity index (χ0v) is 16.3. The number of hydrogen-bond acceptors (Lipinski definition) is 5. The Labute approximate surface area is 160 Å². The van der Waals surface area contributed by atoms with Crippen LogP contribution in [0.4, 0.5) is 0 Å². The predicted molar refractivity (Wildman–Crippen MR) is 104 cm³/mol. The molecule has 0 spiro atoms. The van der Waals surface area contributed by atoms with E-state index in [0.717, 1.165) is 18.4 Å². The number of nitrogens with one attached hydrogen (secondary N) is 1. The second kappa shape index (κ2) is 8.73. The van der Waals surface area contributed by atoms with Crippen LogP contribution < -0.4 is 5.32 Å². The van der Waals surface area contributed by atoms with Gasteiger partial charge in [-0.2, -0.15) is 4.31 Å². The lowest BCUT2D eigenvalue weighted by Gasteiger charge is -2.30. The first-order chi connectivity index (χ1) is 13.0. The quantitative estimate of drug-likeness (QED) is 0.739. The Hall–Kier alpha value is -2.09. The van der Waals surface area contributed by atoms with Gasteiger partial charge < -0.3 is 5.32 Å². The summed E-state index contributed by atoms with van der Waals surface area (Å²) in [5.41, 5.74) is 1.44. The van der Waals surface area contributed by atoms with Crippen LogP contribution in [0.15, 0.2) is 53.7 Å². The molecule has 3 rings (SSSR count). The Bertz CT molecular complexity index is 884. The summed E-state index contributed by atoms with van der Waals surface area (Å²) in [6.07, 6.45) is 5.33. The average Bonchev–Trinajstić information content (AvgIpc) is 2.69. The number of nitrogens with zero attached hydrogens (tertiary/aromatic N) is 2. The number of carbonyl (C=O) groups is 1. The van der Waals surface area contributed by atoms with Gasteiger partial charge in [-0.3, -0.25) is 9.78 Å². The summed E-state index contributed by atoms with van der Waals surface area (Å²) in [6.45, 7) is 3.84. The Morgan fingerprint density at radius 2 is 2.04 bits per heavy atom. The van der Waals surface area contributed by atoms with E-state index < -0.39 is 10.0 Å². The van der Waals surface area contributed by atoms with Crippen LogP contribution in [0, 0.1) is 5.92 Å². The summed E-state index contributed by atoms with van der Waals surface area (Å²) in [5.74, 6) is 0.226. The first-order valence-corrected chi connectivity index (χ1v) is 10.6. The van der Waals surface area contributed by atoms with Gasteiger partial charge in [0.1, 0.15) is 0 Å². The van der Waals surface area contributed by atoms with E-state index in [1.54, 1.807) is 30.6 Å². The van der Waals surface area contributed by atoms with E-state index in [1.165, 1.54) is 10.4 Å². The minimum absolute atomic E-state index is 0.131. The van der Waals surface area contributed by atoms with Crippen LogP contribution in [0.3, 0.4) is 0 Å². The fourth-order valence-electron chi connectivity index (χ4n) is 3.27. The number of sulfonamides is 1. The Morgan fingerprint density at radius 1 is 1.26 bits per heavy atom. The topological polar surface area (TPSA) is 79.4 Å². The van der Waals surface area contributed by atoms with Gasteiger partial charge in [0.05, 0.1) is 11.4 Å². The summed E-state index contributed by atoms with van der Waals surface area (Å²) < 4.78 is 27.3. The molecule has 1 unspecified atom stereocenters. The molecule has 1 fully saturated rings. The fourth-order valence-corrected chi connectivity index (χ4v) is 4.91. The van der Waals surface area contributed by atoms with E-state index in [1.807, 2.05) is 12.1 Å². The van der Waals surface area contributed by atoms with Crippen LogP contribution in [0.5, 0.6) is 0 Å². The van der Waals surface area contributed by atoms with Crippen LogP contribution in [0.25, 0.3) is 0 Å². The number of Topliss-reactive ketones (excluding diaryl/α,β-unsaturated/α-hetero) is 1. The molecule has 1 aromatic carbocycles. The highest BCUT2D eigenvalue weighted by molar-refractivity contribution is 7.89. The highest BCUT2D eigenvalue weighted by atomic mass is 32.2. The van der Waals surface area contributed by atoms with Crippen LogP contribution in [0.2, 0.25) is 0 Å². The molecule has 0 radical (unpaired) electrons. The van der Waals surface area contributed by atoms with E-state index in [-0.39, 0.29) is 17.2 Å². The molecule has 0 saturated carbocycles. The fraction of sp³-hybridized carbons (Fsp3) is 0.400. The van der Waals surface area contributed by atoms with Crippen molar-refractivity contribution in [3.05, 3.63) is 59.9 Å². The van der Waals surface area contributed by atoms with E-state index >= 15 is 0 Å². The van der Waals surface area contributed by atoms with Gasteiger partial charge in [-0.05, 0) is 48.6 Å². The van der Waals surface area contributed by atoms with Crippen molar-refractivity contribution in [3.8, 4) is 0 Å². The molecule has 1 atom stereocenters. The first-order valence-electron chi connectivity index (χ1n) is 9.20. The molecule has 1 N–H and O–H groups in total. The second-order valence-electron chi connectivity index (χ2n) is 7.02. The van der Waals surface area contributed by atoms with Crippen LogP contribution in [0.1, 0.15) is 35.7 Å². The van der Waals surface area contributed by atoms with Gasteiger partial charge >= 0.3 is 0 Å². The van der Waals surface area contributed by atoms with Gasteiger partial charge in [0, 0.05) is 37.6 Å². The second-order valence-corrected chi connectivity index (χ2v) is 8.96. The van der Waals surface area contributed by atoms with Crippen LogP contribution in [-0.4, -0.2) is 43.1 Å². The van der Waals surface area contributed by atoms with Gasteiger partial charge in [-0.25, -0.2) is 8.42 Å². The molecular formula is C20H25N3O3S. The van der Waals surface area contributed by atoms with E-state index in [0.29, 0.717) is 31.1 Å². The number of aromatic nitrogens is 1. The number of pyridine rings is 1. The number of hydrogen-bond donors (Lipinski definition) is 1. The lowest BCUT2D eigenvalue weighted by atomic mass is 10.0. The zero-order valence-electron chi connectivity index (χ0n) is 15.5. The minimum Gasteiger partial charge on any atom is -0.306 e. The number of piperidine rings is 1. The summed E-state index contributed by atoms with van der Waals surface area (Å²) in [5, 5.41) is 3.09. The maximum Gasteiger partial charge on any atom is 0.243 e. The molecule has 1 saturated heterocycles. The number of carbonyl (C=O) groups excluding carboxylic acids is 1. The summed E-state index contributed by atoms with van der Waals surface area (Å²) in [6, 6.07) is 10.1. The standard InChI is InChI=1S/C20H25N3O3S/c1-16-4-3-11-23(15-16)27(25,26)19-6-2-5-18(12-19)20(24)14-22-13-17-7-9-21-10-8-17/h2,5-10,12,16,22H,3-4,11,13-15H2,1H3. The average molecular weight is 388 g/mol. The largest absolute Gasteiger partial charge is 0.306 e. The van der Waals surface area contributed by atoms with Crippen molar-refractivity contribution >= 4 is 15.8 Å². The van der Waals surface area contributed by atoms with Crippen molar-refractivity contribution in [2.24, 2.45) is 5.92 Å². The van der Waals surface area contributed by atoms with Crippen molar-refractivity contribution < 1.29 is 13.2 Å². The predicted octanol–water partition coefficient (Wildman–Crippen LogP) is 2.47. The molecule has 1 aromatic heterocycles. The van der Waals surface area contributed by atoms with Crippen molar-refractivity contribution in [3.63, 3.8) is 0 Å². The summed E-state index contributed by atoms with van der Waals surface area (Å²) >= 11 is 0. The minimum atomic E-state index is -3.56. The van der Waals surface area contributed by atoms with Crippen molar-refractivity contribution in [1.82, 2.24) is 14.6 Å². The Kier molecular flexibility index (Phi) is 6.36. The van der Waals surface area contributed by atoms with Crippen LogP contribution >= 0.6 is 0 Å².